The summed E-state index contributed by atoms with van der Waals surface area (Å²) in [5.74, 6) is 0. The second kappa shape index (κ2) is 9.39. The van der Waals surface area contributed by atoms with Gasteiger partial charge in [-0.15, -0.1) is 0 Å². The highest BCUT2D eigenvalue weighted by Crippen LogP contribution is 2.12. The topological polar surface area (TPSA) is 6.48 Å². The van der Waals surface area contributed by atoms with Gasteiger partial charge in [0.25, 0.3) is 0 Å². The van der Waals surface area contributed by atoms with Crippen LogP contribution in [0.2, 0.25) is 0 Å². The van der Waals surface area contributed by atoms with Crippen molar-refractivity contribution in [2.24, 2.45) is 0 Å². The number of hydrogen-bond donors (Lipinski definition) is 0. The van der Waals surface area contributed by atoms with E-state index in [4.69, 9.17) is 0 Å². The van der Waals surface area contributed by atoms with Gasteiger partial charge in [0.1, 0.15) is 0 Å². The Labute approximate surface area is 133 Å². The first-order valence-electron chi connectivity index (χ1n) is 8.64. The van der Waals surface area contributed by atoms with Crippen molar-refractivity contribution in [2.75, 3.05) is 0 Å². The molecule has 0 aliphatic heterocycles. The molecule has 0 spiro atoms. The minimum atomic E-state index is 0.0716. The van der Waals surface area contributed by atoms with Crippen LogP contribution in [0.15, 0.2) is 0 Å². The van der Waals surface area contributed by atoms with Crippen LogP contribution in [-0.2, 0) is 0 Å². The smallest absolute Gasteiger partial charge is 0.0306 e. The lowest BCUT2D eigenvalue weighted by molar-refractivity contribution is 0.159. The number of nitrogens with zero attached hydrogens (tertiary/aromatic N) is 2. The Kier molecular flexibility index (Phi) is 9.55. The van der Waals surface area contributed by atoms with Crippen molar-refractivity contribution in [3.8, 4) is 0 Å². The molecule has 0 fully saturated rings. The van der Waals surface area contributed by atoms with Gasteiger partial charge in [0.05, 0.1) is 0 Å². The van der Waals surface area contributed by atoms with Crippen molar-refractivity contribution in [3.05, 3.63) is 0 Å². The van der Waals surface area contributed by atoms with Gasteiger partial charge in [0, 0.05) is 42.2 Å². The highest BCUT2D eigenvalue weighted by molar-refractivity contribution is 7.02. The van der Waals surface area contributed by atoms with Gasteiger partial charge in [-0.3, -0.25) is 9.80 Å². The summed E-state index contributed by atoms with van der Waals surface area (Å²) in [5.41, 5.74) is 1.73. The molecule has 122 valence electrons. The summed E-state index contributed by atoms with van der Waals surface area (Å²) in [4.78, 5) is 5.47. The van der Waals surface area contributed by atoms with Gasteiger partial charge < -0.3 is 0 Å². The third kappa shape index (κ3) is 6.41. The predicted octanol–water partition coefficient (Wildman–Crippen LogP) is 2.17. The van der Waals surface area contributed by atoms with Crippen molar-refractivity contribution in [1.29, 1.82) is 0 Å². The highest BCUT2D eigenvalue weighted by atomic mass is 29.1. The molecule has 0 aromatic rings. The van der Waals surface area contributed by atoms with Gasteiger partial charge in [-0.2, -0.15) is 0 Å². The Hall–Kier alpha value is 0.354. The Morgan fingerprint density at radius 1 is 0.450 bits per heavy atom. The third-order valence-corrected chi connectivity index (χ3v) is 13.3. The minimum Gasteiger partial charge on any atom is -0.300 e. The standard InChI is InChI=1S/C16H40N2Si2/c1-11(2)17(12(3)4)15(9)19-20-16(10)18(13(5)6)14(7)8/h11-16H,19-20H2,1-10H3. The maximum absolute atomic E-state index is 2.74. The zero-order chi connectivity index (χ0) is 16.0. The molecule has 0 rings (SSSR count). The summed E-state index contributed by atoms with van der Waals surface area (Å²) in [6, 6.07) is 2.75. The molecule has 20 heavy (non-hydrogen) atoms. The first-order chi connectivity index (χ1) is 9.09. The molecule has 0 radical (unpaired) electrons. The van der Waals surface area contributed by atoms with Crippen molar-refractivity contribution < 1.29 is 0 Å². The van der Waals surface area contributed by atoms with Crippen molar-refractivity contribution in [2.45, 2.75) is 105 Å². The molecule has 0 aromatic heterocycles. The number of rotatable bonds is 9. The maximum Gasteiger partial charge on any atom is 0.0306 e. The molecule has 2 unspecified atom stereocenters. The molecule has 0 aliphatic rings. The summed E-state index contributed by atoms with van der Waals surface area (Å²) in [6.45, 7) is 23.8. The molecule has 0 bridgehead atoms. The second-order valence-electron chi connectivity index (χ2n) is 7.54. The lowest BCUT2D eigenvalue weighted by Gasteiger charge is -2.39. The molecular weight excluding hydrogens is 276 g/mol. The largest absolute Gasteiger partial charge is 0.300 e. The van der Waals surface area contributed by atoms with Gasteiger partial charge in [-0.1, -0.05) is 13.8 Å². The van der Waals surface area contributed by atoms with E-state index < -0.39 is 0 Å². The van der Waals surface area contributed by atoms with Gasteiger partial charge >= 0.3 is 0 Å². The SMILES string of the molecule is CC(C)N(C(C)C)C(C)[SiH2][SiH2]C(C)N(C(C)C)C(C)C. The summed E-state index contributed by atoms with van der Waals surface area (Å²) < 4.78 is 0. The lowest BCUT2D eigenvalue weighted by atomic mass is 10.2. The number of hydrogen-bond acceptors (Lipinski definition) is 2. The first-order valence-corrected chi connectivity index (χ1v) is 14.3. The summed E-state index contributed by atoms with van der Waals surface area (Å²) in [6.07, 6.45) is 0. The molecule has 2 atom stereocenters. The Morgan fingerprint density at radius 2 is 0.650 bits per heavy atom. The van der Waals surface area contributed by atoms with Crippen LogP contribution in [0, 0.1) is 0 Å². The monoisotopic (exact) mass is 316 g/mol. The molecule has 0 aliphatic carbocycles. The van der Waals surface area contributed by atoms with E-state index in [0.29, 0.717) is 24.2 Å². The summed E-state index contributed by atoms with van der Waals surface area (Å²) in [5, 5.41) is 0. The van der Waals surface area contributed by atoms with Gasteiger partial charge in [-0.25, -0.2) is 0 Å². The summed E-state index contributed by atoms with van der Waals surface area (Å²) >= 11 is 0. The average Bonchev–Trinajstić information content (AvgIpc) is 2.23. The fourth-order valence-corrected chi connectivity index (χ4v) is 11.9. The molecular formula is C16H40N2Si2. The van der Waals surface area contributed by atoms with Crippen molar-refractivity contribution in [3.63, 3.8) is 0 Å². The second-order valence-corrected chi connectivity index (χ2v) is 14.5. The zero-order valence-corrected chi connectivity index (χ0v) is 18.6. The van der Waals surface area contributed by atoms with Crippen LogP contribution >= 0.6 is 0 Å². The highest BCUT2D eigenvalue weighted by Gasteiger charge is 2.24. The van der Waals surface area contributed by atoms with Crippen LogP contribution in [0.4, 0.5) is 0 Å². The average molecular weight is 317 g/mol. The molecule has 0 heterocycles. The van der Waals surface area contributed by atoms with Crippen LogP contribution in [0.5, 0.6) is 0 Å². The van der Waals surface area contributed by atoms with E-state index >= 15 is 0 Å². The Balaban J connectivity index is 4.52. The quantitative estimate of drug-likeness (QED) is 0.602. The zero-order valence-electron chi connectivity index (χ0n) is 15.8. The summed E-state index contributed by atoms with van der Waals surface area (Å²) in [7, 11) is 0.143. The van der Waals surface area contributed by atoms with Crippen LogP contribution in [0.1, 0.15) is 69.2 Å². The molecule has 0 amide bonds. The van der Waals surface area contributed by atoms with E-state index in [2.05, 4.69) is 79.0 Å². The third-order valence-electron chi connectivity index (χ3n) is 4.41. The van der Waals surface area contributed by atoms with E-state index in [0.717, 1.165) is 11.3 Å². The maximum atomic E-state index is 2.74. The van der Waals surface area contributed by atoms with Gasteiger partial charge in [-0.05, 0) is 66.7 Å². The molecule has 2 nitrogen and oxygen atoms in total. The van der Waals surface area contributed by atoms with Crippen molar-refractivity contribution in [1.82, 2.24) is 9.80 Å². The van der Waals surface area contributed by atoms with Crippen LogP contribution < -0.4 is 0 Å². The molecule has 0 aromatic carbocycles. The molecule has 0 saturated carbocycles. The molecule has 4 heteroatoms. The lowest BCUT2D eigenvalue weighted by Crippen LogP contribution is -2.52. The van der Waals surface area contributed by atoms with Crippen LogP contribution in [0.3, 0.4) is 0 Å². The van der Waals surface area contributed by atoms with E-state index in [1.807, 2.05) is 0 Å². The van der Waals surface area contributed by atoms with Gasteiger partial charge in [0.2, 0.25) is 0 Å². The van der Waals surface area contributed by atoms with E-state index in [1.54, 1.807) is 0 Å². The predicted molar refractivity (Wildman–Crippen MR) is 100 cm³/mol. The van der Waals surface area contributed by atoms with E-state index in [1.165, 1.54) is 0 Å². The Morgan fingerprint density at radius 3 is 0.800 bits per heavy atom. The molecule has 0 N–H and O–H groups in total. The fraction of sp³-hybridized carbons (Fsp3) is 1.00. The minimum absolute atomic E-state index is 0.0716. The fourth-order valence-electron chi connectivity index (χ4n) is 4.01. The van der Waals surface area contributed by atoms with E-state index in [-0.39, 0.29) is 18.1 Å². The van der Waals surface area contributed by atoms with Crippen LogP contribution in [0.25, 0.3) is 0 Å². The van der Waals surface area contributed by atoms with Crippen molar-refractivity contribution >= 4 is 18.1 Å². The van der Waals surface area contributed by atoms with Crippen LogP contribution in [-0.4, -0.2) is 63.4 Å². The normalized spacial score (nSPS) is 17.4. The molecule has 0 saturated heterocycles. The van der Waals surface area contributed by atoms with E-state index in [9.17, 15) is 0 Å². The Bertz CT molecular complexity index is 213. The van der Waals surface area contributed by atoms with Gasteiger partial charge in [0.15, 0.2) is 0 Å². The first kappa shape index (κ1) is 20.4.